The second-order valence-corrected chi connectivity index (χ2v) is 7.57. The molecule has 0 bridgehead atoms. The van der Waals surface area contributed by atoms with E-state index in [4.69, 9.17) is 4.42 Å². The Morgan fingerprint density at radius 2 is 1.70 bits per heavy atom. The molecule has 0 saturated carbocycles. The number of halogens is 1. The summed E-state index contributed by atoms with van der Waals surface area (Å²) in [6.45, 7) is 2.86. The van der Waals surface area contributed by atoms with Gasteiger partial charge in [0.1, 0.15) is 0 Å². The van der Waals surface area contributed by atoms with Crippen molar-refractivity contribution in [1.82, 2.24) is 25.0 Å². The highest BCUT2D eigenvalue weighted by molar-refractivity contribution is 9.10. The number of thioether (sulfide) groups is 1. The van der Waals surface area contributed by atoms with E-state index in [1.165, 1.54) is 11.8 Å². The summed E-state index contributed by atoms with van der Waals surface area (Å²) in [6.07, 6.45) is 0. The van der Waals surface area contributed by atoms with Crippen molar-refractivity contribution < 1.29 is 4.42 Å². The van der Waals surface area contributed by atoms with E-state index in [0.717, 1.165) is 33.1 Å². The van der Waals surface area contributed by atoms with Crippen molar-refractivity contribution >= 4 is 27.7 Å². The van der Waals surface area contributed by atoms with Crippen LogP contribution in [-0.2, 0) is 12.3 Å². The molecule has 136 valence electrons. The maximum absolute atomic E-state index is 5.76. The van der Waals surface area contributed by atoms with Crippen molar-refractivity contribution in [3.05, 3.63) is 65.0 Å². The highest BCUT2D eigenvalue weighted by atomic mass is 79.9. The van der Waals surface area contributed by atoms with Crippen LogP contribution in [0.4, 0.5) is 0 Å². The lowest BCUT2D eigenvalue weighted by atomic mass is 10.2. The van der Waals surface area contributed by atoms with Crippen LogP contribution < -0.4 is 0 Å². The van der Waals surface area contributed by atoms with Gasteiger partial charge in [-0.2, -0.15) is 0 Å². The van der Waals surface area contributed by atoms with Gasteiger partial charge in [-0.15, -0.1) is 20.4 Å². The van der Waals surface area contributed by atoms with Crippen LogP contribution in [0.2, 0.25) is 0 Å². The monoisotopic (exact) mass is 441 g/mol. The standard InChI is InChI=1S/C19H16BrN5OS/c1-2-25-17(13-8-10-15(20)11-9-13)22-24-19(25)27-12-16-21-23-18(26-16)14-6-4-3-5-7-14/h3-11H,2,12H2,1H3. The van der Waals surface area contributed by atoms with E-state index in [1.54, 1.807) is 0 Å². The third-order valence-corrected chi connectivity index (χ3v) is 5.43. The van der Waals surface area contributed by atoms with E-state index in [2.05, 4.69) is 47.8 Å². The van der Waals surface area contributed by atoms with Gasteiger partial charge >= 0.3 is 0 Å². The van der Waals surface area contributed by atoms with Crippen LogP contribution in [-0.4, -0.2) is 25.0 Å². The zero-order valence-corrected chi connectivity index (χ0v) is 16.9. The number of aromatic nitrogens is 5. The van der Waals surface area contributed by atoms with Crippen LogP contribution in [0.5, 0.6) is 0 Å². The van der Waals surface area contributed by atoms with E-state index in [9.17, 15) is 0 Å². The van der Waals surface area contributed by atoms with Gasteiger partial charge in [-0.05, 0) is 31.2 Å². The van der Waals surface area contributed by atoms with Gasteiger partial charge < -0.3 is 8.98 Å². The average Bonchev–Trinajstić information content (AvgIpc) is 3.34. The molecular formula is C19H16BrN5OS. The van der Waals surface area contributed by atoms with Gasteiger partial charge in [0.2, 0.25) is 11.8 Å². The molecule has 2 heterocycles. The minimum absolute atomic E-state index is 0.527. The predicted molar refractivity (Wildman–Crippen MR) is 108 cm³/mol. The quantitative estimate of drug-likeness (QED) is 0.389. The Labute approximate surface area is 169 Å². The molecule has 0 atom stereocenters. The molecule has 0 spiro atoms. The molecule has 6 nitrogen and oxygen atoms in total. The normalized spacial score (nSPS) is 11.0. The molecule has 4 rings (SSSR count). The van der Waals surface area contributed by atoms with Gasteiger partial charge in [0, 0.05) is 22.1 Å². The minimum atomic E-state index is 0.527. The van der Waals surface area contributed by atoms with Gasteiger partial charge in [-0.1, -0.05) is 58.0 Å². The summed E-state index contributed by atoms with van der Waals surface area (Å²) in [7, 11) is 0. The molecule has 0 unspecified atom stereocenters. The third-order valence-electron chi connectivity index (χ3n) is 3.95. The first-order chi connectivity index (χ1) is 13.2. The summed E-state index contributed by atoms with van der Waals surface area (Å²) < 4.78 is 8.89. The van der Waals surface area contributed by atoms with Crippen molar-refractivity contribution in [2.75, 3.05) is 0 Å². The van der Waals surface area contributed by atoms with E-state index < -0.39 is 0 Å². The molecule has 0 aliphatic heterocycles. The van der Waals surface area contributed by atoms with Crippen molar-refractivity contribution in [2.24, 2.45) is 0 Å². The molecule has 27 heavy (non-hydrogen) atoms. The maximum Gasteiger partial charge on any atom is 0.247 e. The third kappa shape index (κ3) is 3.96. The Hall–Kier alpha value is -2.45. The van der Waals surface area contributed by atoms with E-state index >= 15 is 0 Å². The summed E-state index contributed by atoms with van der Waals surface area (Å²) in [4.78, 5) is 0. The molecule has 2 aromatic carbocycles. The fraction of sp³-hybridized carbons (Fsp3) is 0.158. The van der Waals surface area contributed by atoms with Crippen LogP contribution in [0.15, 0.2) is 68.6 Å². The molecule has 8 heteroatoms. The fourth-order valence-electron chi connectivity index (χ4n) is 2.63. The molecule has 2 aromatic heterocycles. The fourth-order valence-corrected chi connectivity index (χ4v) is 3.73. The largest absolute Gasteiger partial charge is 0.420 e. The lowest BCUT2D eigenvalue weighted by Crippen LogP contribution is -1.99. The van der Waals surface area contributed by atoms with Crippen molar-refractivity contribution in [3.63, 3.8) is 0 Å². The highest BCUT2D eigenvalue weighted by Crippen LogP contribution is 2.27. The van der Waals surface area contributed by atoms with Crippen LogP contribution in [0.3, 0.4) is 0 Å². The summed E-state index contributed by atoms with van der Waals surface area (Å²) >= 11 is 4.99. The zero-order valence-electron chi connectivity index (χ0n) is 14.5. The van der Waals surface area contributed by atoms with Gasteiger partial charge in [0.25, 0.3) is 0 Å². The van der Waals surface area contributed by atoms with Gasteiger partial charge in [-0.25, -0.2) is 0 Å². The summed E-state index contributed by atoms with van der Waals surface area (Å²) in [5, 5.41) is 17.8. The Balaban J connectivity index is 1.50. The lowest BCUT2D eigenvalue weighted by Gasteiger charge is -2.06. The number of hydrogen-bond acceptors (Lipinski definition) is 6. The van der Waals surface area contributed by atoms with Gasteiger partial charge in [-0.3, -0.25) is 0 Å². The van der Waals surface area contributed by atoms with E-state index in [0.29, 0.717) is 17.5 Å². The van der Waals surface area contributed by atoms with E-state index in [-0.39, 0.29) is 0 Å². The molecule has 0 N–H and O–H groups in total. The van der Waals surface area contributed by atoms with Crippen LogP contribution in [0, 0.1) is 0 Å². The van der Waals surface area contributed by atoms with Gasteiger partial charge in [0.15, 0.2) is 11.0 Å². The average molecular weight is 442 g/mol. The van der Waals surface area contributed by atoms with Crippen molar-refractivity contribution in [3.8, 4) is 22.8 Å². The van der Waals surface area contributed by atoms with Crippen molar-refractivity contribution in [1.29, 1.82) is 0 Å². The molecule has 0 amide bonds. The SMILES string of the molecule is CCn1c(SCc2nnc(-c3ccccc3)o2)nnc1-c1ccc(Br)cc1. The molecule has 0 saturated heterocycles. The predicted octanol–water partition coefficient (Wildman–Crippen LogP) is 5.07. The second kappa shape index (κ2) is 8.06. The Morgan fingerprint density at radius 1 is 0.926 bits per heavy atom. The second-order valence-electron chi connectivity index (χ2n) is 5.71. The minimum Gasteiger partial charge on any atom is -0.420 e. The molecule has 0 radical (unpaired) electrons. The first-order valence-corrected chi connectivity index (χ1v) is 10.2. The number of nitrogens with zero attached hydrogens (tertiary/aromatic N) is 5. The van der Waals surface area contributed by atoms with Crippen LogP contribution in [0.25, 0.3) is 22.8 Å². The Morgan fingerprint density at radius 3 is 2.44 bits per heavy atom. The first kappa shape index (κ1) is 17.9. The maximum atomic E-state index is 5.76. The molecular weight excluding hydrogens is 426 g/mol. The van der Waals surface area contributed by atoms with Crippen LogP contribution in [0.1, 0.15) is 12.8 Å². The zero-order chi connectivity index (χ0) is 18.6. The summed E-state index contributed by atoms with van der Waals surface area (Å²) in [6, 6.07) is 17.8. The highest BCUT2D eigenvalue weighted by Gasteiger charge is 2.15. The van der Waals surface area contributed by atoms with Crippen LogP contribution >= 0.6 is 27.7 Å². The molecule has 4 aromatic rings. The summed E-state index contributed by atoms with van der Waals surface area (Å²) in [5.74, 6) is 2.48. The Kier molecular flexibility index (Phi) is 5.35. The topological polar surface area (TPSA) is 69.6 Å². The lowest BCUT2D eigenvalue weighted by molar-refractivity contribution is 0.528. The summed E-state index contributed by atoms with van der Waals surface area (Å²) in [5.41, 5.74) is 1.94. The van der Waals surface area contributed by atoms with E-state index in [1.807, 2.05) is 54.6 Å². The number of hydrogen-bond donors (Lipinski definition) is 0. The first-order valence-electron chi connectivity index (χ1n) is 8.44. The smallest absolute Gasteiger partial charge is 0.247 e. The molecule has 0 aliphatic rings. The number of benzene rings is 2. The Bertz CT molecular complexity index is 1030. The van der Waals surface area contributed by atoms with Gasteiger partial charge in [0.05, 0.1) is 5.75 Å². The number of rotatable bonds is 6. The molecule has 0 fully saturated rings. The molecule has 0 aliphatic carbocycles. The van der Waals surface area contributed by atoms with Crippen molar-refractivity contribution in [2.45, 2.75) is 24.4 Å².